The van der Waals surface area contributed by atoms with Gasteiger partial charge in [-0.25, -0.2) is 0 Å². The van der Waals surface area contributed by atoms with Crippen LogP contribution in [-0.4, -0.2) is 34.2 Å². The maximum Gasteiger partial charge on any atom is 0.0951 e. The van der Waals surface area contributed by atoms with E-state index >= 15 is 0 Å². The van der Waals surface area contributed by atoms with Gasteiger partial charge in [0.05, 0.1) is 12.2 Å². The van der Waals surface area contributed by atoms with E-state index in [-0.39, 0.29) is 18.2 Å². The third-order valence-electron chi connectivity index (χ3n) is 5.80. The minimum absolute atomic E-state index is 0.192. The van der Waals surface area contributed by atoms with Crippen molar-refractivity contribution in [1.82, 2.24) is 4.90 Å². The van der Waals surface area contributed by atoms with Gasteiger partial charge in [0.25, 0.3) is 0 Å². The quantitative estimate of drug-likeness (QED) is 0.912. The van der Waals surface area contributed by atoms with Crippen molar-refractivity contribution in [3.8, 4) is 0 Å². The minimum atomic E-state index is -0.378. The Morgan fingerprint density at radius 1 is 0.917 bits per heavy atom. The van der Waals surface area contributed by atoms with Crippen LogP contribution >= 0.6 is 0 Å². The molecule has 3 heteroatoms. The number of hydrogen-bond donors (Lipinski definition) is 2. The SMILES string of the molecule is OC(c1ccccc1)C1CCN(C2Cc3ccccc3C2O)CC1. The summed E-state index contributed by atoms with van der Waals surface area (Å²) in [5.74, 6) is 0.310. The second-order valence-electron chi connectivity index (χ2n) is 7.14. The van der Waals surface area contributed by atoms with Gasteiger partial charge in [-0.05, 0) is 55.0 Å². The molecule has 3 atom stereocenters. The topological polar surface area (TPSA) is 43.7 Å². The Morgan fingerprint density at radius 3 is 2.29 bits per heavy atom. The predicted molar refractivity (Wildman–Crippen MR) is 94.6 cm³/mol. The first kappa shape index (κ1) is 15.8. The van der Waals surface area contributed by atoms with E-state index in [4.69, 9.17) is 0 Å². The van der Waals surface area contributed by atoms with Crippen molar-refractivity contribution in [3.05, 3.63) is 71.3 Å². The Morgan fingerprint density at radius 2 is 1.58 bits per heavy atom. The molecular formula is C21H25NO2. The fourth-order valence-electron chi connectivity index (χ4n) is 4.37. The predicted octanol–water partition coefficient (Wildman–Crippen LogP) is 3.09. The van der Waals surface area contributed by atoms with Crippen LogP contribution in [-0.2, 0) is 6.42 Å². The van der Waals surface area contributed by atoms with E-state index in [1.54, 1.807) is 0 Å². The zero-order valence-corrected chi connectivity index (χ0v) is 13.9. The molecule has 0 saturated carbocycles. The first-order chi connectivity index (χ1) is 11.7. The summed E-state index contributed by atoms with van der Waals surface area (Å²) in [4.78, 5) is 2.42. The van der Waals surface area contributed by atoms with Gasteiger partial charge in [-0.15, -0.1) is 0 Å². The van der Waals surface area contributed by atoms with Crippen LogP contribution in [0.4, 0.5) is 0 Å². The molecule has 1 saturated heterocycles. The number of fused-ring (bicyclic) bond motifs is 1. The number of piperidine rings is 1. The third-order valence-corrected chi connectivity index (χ3v) is 5.80. The molecule has 1 aliphatic carbocycles. The lowest BCUT2D eigenvalue weighted by Gasteiger charge is -2.38. The minimum Gasteiger partial charge on any atom is -0.388 e. The van der Waals surface area contributed by atoms with E-state index in [0.717, 1.165) is 43.5 Å². The Hall–Kier alpha value is -1.68. The molecule has 0 bridgehead atoms. The van der Waals surface area contributed by atoms with Crippen LogP contribution in [0.15, 0.2) is 54.6 Å². The Balaban J connectivity index is 1.39. The first-order valence-electron chi connectivity index (χ1n) is 8.97. The van der Waals surface area contributed by atoms with Crippen LogP contribution in [0.1, 0.15) is 41.7 Å². The van der Waals surface area contributed by atoms with Crippen LogP contribution in [0.5, 0.6) is 0 Å². The lowest BCUT2D eigenvalue weighted by molar-refractivity contribution is 0.0106. The lowest BCUT2D eigenvalue weighted by atomic mass is 9.86. The van der Waals surface area contributed by atoms with Gasteiger partial charge < -0.3 is 10.2 Å². The van der Waals surface area contributed by atoms with Crippen molar-refractivity contribution >= 4 is 0 Å². The number of rotatable bonds is 3. The molecule has 0 aromatic heterocycles. The molecular weight excluding hydrogens is 298 g/mol. The van der Waals surface area contributed by atoms with Gasteiger partial charge in [0.2, 0.25) is 0 Å². The van der Waals surface area contributed by atoms with Crippen molar-refractivity contribution in [2.75, 3.05) is 13.1 Å². The highest BCUT2D eigenvalue weighted by molar-refractivity contribution is 5.36. The van der Waals surface area contributed by atoms with Gasteiger partial charge in [0.15, 0.2) is 0 Å². The number of benzene rings is 2. The number of hydrogen-bond acceptors (Lipinski definition) is 3. The van der Waals surface area contributed by atoms with Crippen LogP contribution in [0, 0.1) is 5.92 Å². The van der Waals surface area contributed by atoms with Crippen molar-refractivity contribution in [2.45, 2.75) is 37.5 Å². The van der Waals surface area contributed by atoms with E-state index in [9.17, 15) is 10.2 Å². The molecule has 126 valence electrons. The zero-order valence-electron chi connectivity index (χ0n) is 13.9. The molecule has 0 radical (unpaired) electrons. The number of likely N-dealkylation sites (tertiary alicyclic amines) is 1. The molecule has 1 aliphatic heterocycles. The number of aliphatic hydroxyl groups excluding tert-OH is 2. The summed E-state index contributed by atoms with van der Waals surface area (Å²) >= 11 is 0. The largest absolute Gasteiger partial charge is 0.388 e. The summed E-state index contributed by atoms with van der Waals surface area (Å²) in [6.07, 6.45) is 2.14. The van der Waals surface area contributed by atoms with Gasteiger partial charge in [-0.2, -0.15) is 0 Å². The molecule has 0 spiro atoms. The van der Waals surface area contributed by atoms with Crippen LogP contribution in [0.25, 0.3) is 0 Å². The molecule has 4 rings (SSSR count). The average Bonchev–Trinajstić information content (AvgIpc) is 2.99. The van der Waals surface area contributed by atoms with Gasteiger partial charge >= 0.3 is 0 Å². The first-order valence-corrected chi connectivity index (χ1v) is 8.97. The van der Waals surface area contributed by atoms with Crippen molar-refractivity contribution in [2.24, 2.45) is 5.92 Å². The molecule has 2 N–H and O–H groups in total. The van der Waals surface area contributed by atoms with E-state index in [2.05, 4.69) is 17.0 Å². The normalized spacial score (nSPS) is 26.2. The molecule has 3 nitrogen and oxygen atoms in total. The molecule has 2 aliphatic rings. The molecule has 1 heterocycles. The molecule has 1 fully saturated rings. The second-order valence-corrected chi connectivity index (χ2v) is 7.14. The van der Waals surface area contributed by atoms with E-state index in [1.165, 1.54) is 5.56 Å². The highest BCUT2D eigenvalue weighted by Crippen LogP contribution is 2.37. The molecule has 2 aromatic carbocycles. The van der Waals surface area contributed by atoms with E-state index < -0.39 is 0 Å². The molecule has 0 amide bonds. The van der Waals surface area contributed by atoms with Crippen molar-refractivity contribution in [3.63, 3.8) is 0 Å². The Labute approximate surface area is 143 Å². The number of nitrogens with zero attached hydrogens (tertiary/aromatic N) is 1. The fraction of sp³-hybridized carbons (Fsp3) is 0.429. The number of aliphatic hydroxyl groups is 2. The summed E-state index contributed by atoms with van der Waals surface area (Å²) in [7, 11) is 0. The summed E-state index contributed by atoms with van der Waals surface area (Å²) in [5, 5.41) is 21.3. The molecule has 24 heavy (non-hydrogen) atoms. The second kappa shape index (κ2) is 6.67. The van der Waals surface area contributed by atoms with Crippen LogP contribution < -0.4 is 0 Å². The van der Waals surface area contributed by atoms with Crippen molar-refractivity contribution in [1.29, 1.82) is 0 Å². The van der Waals surface area contributed by atoms with Gasteiger partial charge in [0.1, 0.15) is 0 Å². The maximum atomic E-state index is 10.7. The highest BCUT2D eigenvalue weighted by atomic mass is 16.3. The van der Waals surface area contributed by atoms with E-state index in [1.807, 2.05) is 42.5 Å². The smallest absolute Gasteiger partial charge is 0.0951 e. The lowest BCUT2D eigenvalue weighted by Crippen LogP contribution is -2.44. The Kier molecular flexibility index (Phi) is 4.40. The summed E-state index contributed by atoms with van der Waals surface area (Å²) in [5.41, 5.74) is 3.39. The van der Waals surface area contributed by atoms with Gasteiger partial charge in [-0.1, -0.05) is 54.6 Å². The average molecular weight is 323 g/mol. The van der Waals surface area contributed by atoms with Gasteiger partial charge in [-0.3, -0.25) is 4.90 Å². The summed E-state index contributed by atoms with van der Waals surface area (Å²) < 4.78 is 0. The monoisotopic (exact) mass is 323 g/mol. The Bertz CT molecular complexity index is 679. The molecule has 2 aromatic rings. The molecule has 3 unspecified atom stereocenters. The zero-order chi connectivity index (χ0) is 16.5. The third kappa shape index (κ3) is 2.88. The van der Waals surface area contributed by atoms with Crippen LogP contribution in [0.2, 0.25) is 0 Å². The van der Waals surface area contributed by atoms with E-state index in [0.29, 0.717) is 5.92 Å². The highest BCUT2D eigenvalue weighted by Gasteiger charge is 2.37. The summed E-state index contributed by atoms with van der Waals surface area (Å²) in [6.45, 7) is 1.90. The van der Waals surface area contributed by atoms with Crippen LogP contribution in [0.3, 0.4) is 0 Å². The standard InChI is InChI=1S/C21H25NO2/c23-20(15-6-2-1-3-7-15)16-10-12-22(13-11-16)19-14-17-8-4-5-9-18(17)21(19)24/h1-9,16,19-21,23-24H,10-14H2. The maximum absolute atomic E-state index is 10.7. The summed E-state index contributed by atoms with van der Waals surface area (Å²) in [6, 6.07) is 18.4. The van der Waals surface area contributed by atoms with Crippen molar-refractivity contribution < 1.29 is 10.2 Å². The fourth-order valence-corrected chi connectivity index (χ4v) is 4.37. The van der Waals surface area contributed by atoms with Gasteiger partial charge in [0, 0.05) is 6.04 Å².